The van der Waals surface area contributed by atoms with Crippen molar-refractivity contribution >= 4 is 51.7 Å². The van der Waals surface area contributed by atoms with Gasteiger partial charge in [0, 0.05) is 27.0 Å². The fourth-order valence-electron chi connectivity index (χ4n) is 3.38. The van der Waals surface area contributed by atoms with Gasteiger partial charge < -0.3 is 5.32 Å². The van der Waals surface area contributed by atoms with Gasteiger partial charge in [0.1, 0.15) is 0 Å². The van der Waals surface area contributed by atoms with Crippen molar-refractivity contribution in [2.75, 3.05) is 0 Å². The van der Waals surface area contributed by atoms with Crippen molar-refractivity contribution in [3.05, 3.63) is 74.9 Å². The van der Waals surface area contributed by atoms with Crippen LogP contribution in [0.2, 0.25) is 15.1 Å². The van der Waals surface area contributed by atoms with E-state index in [1.807, 2.05) is 32.0 Å². The zero-order valence-electron chi connectivity index (χ0n) is 17.1. The maximum atomic E-state index is 12.7. The number of nitrogens with zero attached hydrogens (tertiary/aromatic N) is 3. The van der Waals surface area contributed by atoms with E-state index >= 15 is 0 Å². The topological polar surface area (TPSA) is 59.8 Å². The van der Waals surface area contributed by atoms with Crippen molar-refractivity contribution in [1.82, 2.24) is 20.1 Å². The van der Waals surface area contributed by atoms with Crippen molar-refractivity contribution in [3.63, 3.8) is 0 Å². The van der Waals surface area contributed by atoms with Gasteiger partial charge in [-0.05, 0) is 57.2 Å². The molecule has 0 fully saturated rings. The van der Waals surface area contributed by atoms with E-state index in [0.29, 0.717) is 37.7 Å². The van der Waals surface area contributed by atoms with E-state index in [9.17, 15) is 4.79 Å². The van der Waals surface area contributed by atoms with E-state index in [2.05, 4.69) is 10.3 Å². The number of aryl methyl sites for hydroxylation is 1. The van der Waals surface area contributed by atoms with Gasteiger partial charge in [-0.3, -0.25) is 4.79 Å². The maximum Gasteiger partial charge on any atom is 0.253 e. The van der Waals surface area contributed by atoms with Crippen LogP contribution in [0.15, 0.2) is 48.5 Å². The van der Waals surface area contributed by atoms with Crippen LogP contribution in [0.4, 0.5) is 0 Å². The summed E-state index contributed by atoms with van der Waals surface area (Å²) in [6.07, 6.45) is 0. The second-order valence-corrected chi connectivity index (χ2v) is 8.76. The van der Waals surface area contributed by atoms with E-state index < -0.39 is 0 Å². The summed E-state index contributed by atoms with van der Waals surface area (Å²) in [6.45, 7) is 5.63. The molecule has 0 bridgehead atoms. The molecule has 2 heterocycles. The number of carbonyl (C=O) groups excluding carboxylic acids is 1. The Bertz CT molecular complexity index is 1300. The zero-order valence-corrected chi connectivity index (χ0v) is 19.3. The van der Waals surface area contributed by atoms with Crippen molar-refractivity contribution < 1.29 is 4.79 Å². The summed E-state index contributed by atoms with van der Waals surface area (Å²) >= 11 is 18.7. The van der Waals surface area contributed by atoms with Gasteiger partial charge in [-0.15, -0.1) is 5.10 Å². The predicted molar refractivity (Wildman–Crippen MR) is 127 cm³/mol. The normalized spacial score (nSPS) is 11.3. The highest BCUT2D eigenvalue weighted by Crippen LogP contribution is 2.35. The lowest BCUT2D eigenvalue weighted by atomic mass is 10.1. The number of halogens is 3. The summed E-state index contributed by atoms with van der Waals surface area (Å²) in [7, 11) is 0. The first kappa shape index (κ1) is 21.6. The van der Waals surface area contributed by atoms with Gasteiger partial charge in [-0.2, -0.15) is 0 Å². The molecular formula is C23H19Cl3N4O. The van der Waals surface area contributed by atoms with E-state index in [1.165, 1.54) is 0 Å². The van der Waals surface area contributed by atoms with Gasteiger partial charge in [-0.25, -0.2) is 9.67 Å². The third-order valence-electron chi connectivity index (χ3n) is 4.77. The second-order valence-electron chi connectivity index (χ2n) is 7.48. The third kappa shape index (κ3) is 4.26. The van der Waals surface area contributed by atoms with E-state index in [-0.39, 0.29) is 11.9 Å². The fourth-order valence-corrected chi connectivity index (χ4v) is 4.00. The van der Waals surface area contributed by atoms with Crippen molar-refractivity contribution in [2.45, 2.75) is 26.8 Å². The predicted octanol–water partition coefficient (Wildman–Crippen LogP) is 6.49. The number of pyridine rings is 1. The Balaban J connectivity index is 2.02. The number of aromatic nitrogens is 3. The Labute approximate surface area is 195 Å². The molecule has 0 spiro atoms. The molecule has 1 N–H and O–H groups in total. The molecule has 2 aromatic heterocycles. The quantitative estimate of drug-likeness (QED) is 0.368. The molecule has 31 heavy (non-hydrogen) atoms. The second kappa shape index (κ2) is 8.50. The number of benzene rings is 2. The molecule has 0 atom stereocenters. The number of nitrogens with one attached hydrogen (secondary N) is 1. The molecule has 8 heteroatoms. The zero-order chi connectivity index (χ0) is 22.3. The molecule has 158 valence electrons. The SMILES string of the molecule is Cc1nc2nn(-c3ccc(Cl)cc3Cl)c(-c3ccc(Cl)cc3)c2cc1C(=O)NC(C)C. The summed E-state index contributed by atoms with van der Waals surface area (Å²) in [6, 6.07) is 14.4. The van der Waals surface area contributed by atoms with Crippen LogP contribution in [0.5, 0.6) is 0 Å². The average molecular weight is 474 g/mol. The number of fused-ring (bicyclic) bond motifs is 1. The number of carbonyl (C=O) groups is 1. The van der Waals surface area contributed by atoms with Crippen LogP contribution >= 0.6 is 34.8 Å². The monoisotopic (exact) mass is 472 g/mol. The van der Waals surface area contributed by atoms with Crippen LogP contribution in [0, 0.1) is 6.92 Å². The highest BCUT2D eigenvalue weighted by atomic mass is 35.5. The van der Waals surface area contributed by atoms with Crippen LogP contribution in [-0.4, -0.2) is 26.7 Å². The Hall–Kier alpha value is -2.60. The van der Waals surface area contributed by atoms with Gasteiger partial charge >= 0.3 is 0 Å². The van der Waals surface area contributed by atoms with Gasteiger partial charge in [0.2, 0.25) is 0 Å². The first-order chi connectivity index (χ1) is 14.7. The molecule has 0 aliphatic heterocycles. The Morgan fingerprint density at radius 3 is 2.32 bits per heavy atom. The summed E-state index contributed by atoms with van der Waals surface area (Å²) in [5.41, 5.74) is 3.87. The molecule has 4 rings (SSSR count). The smallest absolute Gasteiger partial charge is 0.253 e. The van der Waals surface area contributed by atoms with Gasteiger partial charge in [0.15, 0.2) is 5.65 Å². The number of hydrogen-bond donors (Lipinski definition) is 1. The van der Waals surface area contributed by atoms with E-state index in [0.717, 1.165) is 16.6 Å². The third-order valence-corrected chi connectivity index (χ3v) is 5.56. The highest BCUT2D eigenvalue weighted by Gasteiger charge is 2.21. The number of rotatable bonds is 4. The number of amides is 1. The minimum atomic E-state index is -0.179. The Morgan fingerprint density at radius 1 is 1.00 bits per heavy atom. The molecule has 0 saturated heterocycles. The van der Waals surface area contributed by atoms with Crippen LogP contribution < -0.4 is 5.32 Å². The van der Waals surface area contributed by atoms with Gasteiger partial charge in [-0.1, -0.05) is 46.9 Å². The molecule has 0 unspecified atom stereocenters. The molecule has 0 radical (unpaired) electrons. The van der Waals surface area contributed by atoms with Crippen molar-refractivity contribution in [3.8, 4) is 16.9 Å². The lowest BCUT2D eigenvalue weighted by Crippen LogP contribution is -2.30. The summed E-state index contributed by atoms with van der Waals surface area (Å²) in [5, 5.41) is 9.96. The molecular weight excluding hydrogens is 455 g/mol. The largest absolute Gasteiger partial charge is 0.350 e. The van der Waals surface area contributed by atoms with Crippen LogP contribution in [0.1, 0.15) is 29.9 Å². The average Bonchev–Trinajstić information content (AvgIpc) is 3.05. The highest BCUT2D eigenvalue weighted by molar-refractivity contribution is 6.35. The first-order valence-corrected chi connectivity index (χ1v) is 10.8. The van der Waals surface area contributed by atoms with Crippen molar-refractivity contribution in [1.29, 1.82) is 0 Å². The van der Waals surface area contributed by atoms with Crippen molar-refractivity contribution in [2.24, 2.45) is 0 Å². The fraction of sp³-hybridized carbons (Fsp3) is 0.174. The Kier molecular flexibility index (Phi) is 5.93. The number of hydrogen-bond acceptors (Lipinski definition) is 3. The van der Waals surface area contributed by atoms with E-state index in [1.54, 1.807) is 41.9 Å². The minimum Gasteiger partial charge on any atom is -0.350 e. The lowest BCUT2D eigenvalue weighted by Gasteiger charge is -2.11. The lowest BCUT2D eigenvalue weighted by molar-refractivity contribution is 0.0942. The maximum absolute atomic E-state index is 12.7. The molecule has 0 aliphatic rings. The standard InChI is InChI=1S/C23H19Cl3N4O/c1-12(2)27-23(31)17-11-18-21(14-4-6-15(24)7-5-14)30(29-22(18)28-13(17)3)20-9-8-16(25)10-19(20)26/h4-12H,1-3H3,(H,27,31). The molecule has 5 nitrogen and oxygen atoms in total. The molecule has 2 aromatic carbocycles. The molecule has 1 amide bonds. The van der Waals surface area contributed by atoms with Gasteiger partial charge in [0.25, 0.3) is 5.91 Å². The summed E-state index contributed by atoms with van der Waals surface area (Å²) in [5.74, 6) is -0.179. The molecule has 0 saturated carbocycles. The Morgan fingerprint density at radius 2 is 1.68 bits per heavy atom. The van der Waals surface area contributed by atoms with Crippen LogP contribution in [0.25, 0.3) is 28.0 Å². The van der Waals surface area contributed by atoms with E-state index in [4.69, 9.17) is 39.9 Å². The summed E-state index contributed by atoms with van der Waals surface area (Å²) < 4.78 is 1.73. The molecule has 0 aliphatic carbocycles. The molecule has 4 aromatic rings. The minimum absolute atomic E-state index is 0.00827. The van der Waals surface area contributed by atoms with Crippen LogP contribution in [0.3, 0.4) is 0 Å². The van der Waals surface area contributed by atoms with Crippen LogP contribution in [-0.2, 0) is 0 Å². The summed E-state index contributed by atoms with van der Waals surface area (Å²) in [4.78, 5) is 17.4. The van der Waals surface area contributed by atoms with Gasteiger partial charge in [0.05, 0.1) is 27.7 Å². The first-order valence-electron chi connectivity index (χ1n) is 9.67.